The molecular formula is C17H18O5. The molecule has 0 atom stereocenters. The predicted molar refractivity (Wildman–Crippen MR) is 80.9 cm³/mol. The molecule has 5 nitrogen and oxygen atoms in total. The van der Waals surface area contributed by atoms with Gasteiger partial charge in [-0.3, -0.25) is 4.79 Å². The molecule has 0 aliphatic carbocycles. The van der Waals surface area contributed by atoms with Crippen LogP contribution in [0.25, 0.3) is 0 Å². The number of esters is 1. The van der Waals surface area contributed by atoms with E-state index in [1.807, 2.05) is 12.2 Å². The lowest BCUT2D eigenvalue weighted by Gasteiger charge is -2.11. The number of hydrogen-bond acceptors (Lipinski definition) is 5. The van der Waals surface area contributed by atoms with E-state index in [0.717, 1.165) is 18.9 Å². The summed E-state index contributed by atoms with van der Waals surface area (Å²) >= 11 is 0. The molecule has 0 spiro atoms. The highest BCUT2D eigenvalue weighted by Gasteiger charge is 2.20. The standard InChI is InChI=1S/C17H18O5/c18-13-7-5-3-1-2-4-6-8-22-17(21)16-12(9-13)10-14(19)11-15(16)20/h2,4-5,7,10-11,19-20H,1,3,6,8-9H2. The van der Waals surface area contributed by atoms with Gasteiger partial charge in [-0.2, -0.15) is 0 Å². The molecule has 2 N–H and O–H groups in total. The van der Waals surface area contributed by atoms with Crippen LogP contribution in [0.15, 0.2) is 36.4 Å². The highest BCUT2D eigenvalue weighted by molar-refractivity contribution is 5.98. The molecule has 2 rings (SSSR count). The smallest absolute Gasteiger partial charge is 0.342 e. The molecule has 22 heavy (non-hydrogen) atoms. The third-order valence-corrected chi connectivity index (χ3v) is 3.24. The zero-order valence-electron chi connectivity index (χ0n) is 12.1. The number of fused-ring (bicyclic) bond motifs is 1. The van der Waals surface area contributed by atoms with Crippen molar-refractivity contribution >= 4 is 11.8 Å². The van der Waals surface area contributed by atoms with Crippen molar-refractivity contribution in [2.75, 3.05) is 6.61 Å². The SMILES string of the molecule is O=C1C=CCCC=CCCOC(=O)c2c(O)cc(O)cc2C1. The fraction of sp³-hybridized carbons (Fsp3) is 0.294. The lowest BCUT2D eigenvalue weighted by atomic mass is 10.00. The summed E-state index contributed by atoms with van der Waals surface area (Å²) in [4.78, 5) is 24.0. The first-order valence-electron chi connectivity index (χ1n) is 7.14. The first-order valence-corrected chi connectivity index (χ1v) is 7.14. The van der Waals surface area contributed by atoms with Gasteiger partial charge < -0.3 is 14.9 Å². The third kappa shape index (κ3) is 4.22. The van der Waals surface area contributed by atoms with Crippen LogP contribution < -0.4 is 0 Å². The summed E-state index contributed by atoms with van der Waals surface area (Å²) in [7, 11) is 0. The van der Waals surface area contributed by atoms with Gasteiger partial charge in [-0.15, -0.1) is 0 Å². The number of ketones is 1. The van der Waals surface area contributed by atoms with Crippen LogP contribution in [0.2, 0.25) is 0 Å². The van der Waals surface area contributed by atoms with Crippen LogP contribution >= 0.6 is 0 Å². The first kappa shape index (κ1) is 15.8. The van der Waals surface area contributed by atoms with E-state index < -0.39 is 5.97 Å². The van der Waals surface area contributed by atoms with Gasteiger partial charge in [-0.25, -0.2) is 4.79 Å². The number of benzene rings is 1. The molecule has 116 valence electrons. The van der Waals surface area contributed by atoms with E-state index in [0.29, 0.717) is 6.42 Å². The van der Waals surface area contributed by atoms with Crippen LogP contribution in [-0.2, 0) is 16.0 Å². The zero-order chi connectivity index (χ0) is 15.9. The number of carbonyl (C=O) groups is 2. The van der Waals surface area contributed by atoms with Crippen molar-refractivity contribution < 1.29 is 24.5 Å². The van der Waals surface area contributed by atoms with Crippen LogP contribution in [-0.4, -0.2) is 28.6 Å². The van der Waals surface area contributed by atoms with Crippen molar-refractivity contribution in [3.63, 3.8) is 0 Å². The molecule has 1 aliphatic rings. The highest BCUT2D eigenvalue weighted by Crippen LogP contribution is 2.28. The highest BCUT2D eigenvalue weighted by atomic mass is 16.5. The number of allylic oxidation sites excluding steroid dienone is 3. The summed E-state index contributed by atoms with van der Waals surface area (Å²) in [6.45, 7) is 0.193. The second-order valence-corrected chi connectivity index (χ2v) is 5.02. The maximum absolute atomic E-state index is 12.1. The Morgan fingerprint density at radius 3 is 2.50 bits per heavy atom. The minimum atomic E-state index is -0.699. The van der Waals surface area contributed by atoms with E-state index in [1.165, 1.54) is 12.1 Å². The largest absolute Gasteiger partial charge is 0.508 e. The number of ether oxygens (including phenoxy) is 1. The van der Waals surface area contributed by atoms with Gasteiger partial charge >= 0.3 is 5.97 Å². The Kier molecular flexibility index (Phi) is 5.36. The fourth-order valence-corrected chi connectivity index (χ4v) is 2.23. The summed E-state index contributed by atoms with van der Waals surface area (Å²) in [5.74, 6) is -1.50. The lowest BCUT2D eigenvalue weighted by Crippen LogP contribution is -2.12. The molecule has 1 aromatic carbocycles. The van der Waals surface area contributed by atoms with Crippen LogP contribution in [0.1, 0.15) is 35.2 Å². The molecule has 1 aromatic rings. The zero-order valence-corrected chi connectivity index (χ0v) is 12.1. The monoisotopic (exact) mass is 302 g/mol. The average molecular weight is 302 g/mol. The van der Waals surface area contributed by atoms with E-state index in [4.69, 9.17) is 4.74 Å². The minimum absolute atomic E-state index is 0.0689. The number of phenols is 2. The normalized spacial score (nSPS) is 16.7. The lowest BCUT2D eigenvalue weighted by molar-refractivity contribution is -0.114. The number of cyclic esters (lactones) is 1. The molecule has 0 saturated carbocycles. The Morgan fingerprint density at radius 2 is 1.68 bits per heavy atom. The van der Waals surface area contributed by atoms with E-state index in [1.54, 1.807) is 6.08 Å². The molecule has 0 fully saturated rings. The summed E-state index contributed by atoms with van der Waals surface area (Å²) in [6.07, 6.45) is 9.18. The van der Waals surface area contributed by atoms with Crippen LogP contribution in [0.4, 0.5) is 0 Å². The van der Waals surface area contributed by atoms with Gasteiger partial charge in [0.15, 0.2) is 5.78 Å². The summed E-state index contributed by atoms with van der Waals surface area (Å²) < 4.78 is 5.11. The third-order valence-electron chi connectivity index (χ3n) is 3.24. The van der Waals surface area contributed by atoms with Crippen molar-refractivity contribution in [3.05, 3.63) is 47.6 Å². The molecule has 0 bridgehead atoms. The Morgan fingerprint density at radius 1 is 0.955 bits per heavy atom. The van der Waals surface area contributed by atoms with E-state index in [2.05, 4.69) is 0 Å². The predicted octanol–water partition coefficient (Wildman–Crippen LogP) is 2.66. The second kappa shape index (κ2) is 7.45. The van der Waals surface area contributed by atoms with Crippen molar-refractivity contribution in [3.8, 4) is 11.5 Å². The molecule has 0 saturated heterocycles. The van der Waals surface area contributed by atoms with Gasteiger partial charge in [0.05, 0.1) is 6.61 Å². The number of aromatic hydroxyl groups is 2. The fourth-order valence-electron chi connectivity index (χ4n) is 2.23. The molecule has 0 aromatic heterocycles. The average Bonchev–Trinajstić information content (AvgIpc) is 2.44. The topological polar surface area (TPSA) is 83.8 Å². The van der Waals surface area contributed by atoms with Crippen molar-refractivity contribution in [1.29, 1.82) is 0 Å². The number of phenolic OH excluding ortho intramolecular Hbond substituents is 2. The molecule has 0 amide bonds. The van der Waals surface area contributed by atoms with Gasteiger partial charge in [0.25, 0.3) is 0 Å². The van der Waals surface area contributed by atoms with Crippen LogP contribution in [0.5, 0.6) is 11.5 Å². The van der Waals surface area contributed by atoms with Gasteiger partial charge in [-0.1, -0.05) is 18.2 Å². The summed E-state index contributed by atoms with van der Waals surface area (Å²) in [5, 5.41) is 19.5. The first-order chi connectivity index (χ1) is 10.6. The van der Waals surface area contributed by atoms with Gasteiger partial charge in [0.2, 0.25) is 0 Å². The summed E-state index contributed by atoms with van der Waals surface area (Å²) in [6, 6.07) is 2.36. The molecule has 0 unspecified atom stereocenters. The number of carbonyl (C=O) groups excluding carboxylic acids is 2. The minimum Gasteiger partial charge on any atom is -0.508 e. The maximum atomic E-state index is 12.1. The van der Waals surface area contributed by atoms with Crippen molar-refractivity contribution in [2.45, 2.75) is 25.7 Å². The molecule has 5 heteroatoms. The van der Waals surface area contributed by atoms with Crippen molar-refractivity contribution in [1.82, 2.24) is 0 Å². The molecular weight excluding hydrogens is 284 g/mol. The second-order valence-electron chi connectivity index (χ2n) is 5.02. The van der Waals surface area contributed by atoms with Gasteiger partial charge in [0.1, 0.15) is 17.1 Å². The van der Waals surface area contributed by atoms with Crippen molar-refractivity contribution in [2.24, 2.45) is 0 Å². The van der Waals surface area contributed by atoms with E-state index in [-0.39, 0.29) is 41.4 Å². The molecule has 1 aliphatic heterocycles. The number of rotatable bonds is 0. The van der Waals surface area contributed by atoms with Gasteiger partial charge in [-0.05, 0) is 37.0 Å². The molecule has 1 heterocycles. The number of hydrogen-bond donors (Lipinski definition) is 2. The van der Waals surface area contributed by atoms with Crippen LogP contribution in [0, 0.1) is 0 Å². The van der Waals surface area contributed by atoms with Gasteiger partial charge in [0, 0.05) is 12.5 Å². The van der Waals surface area contributed by atoms with E-state index in [9.17, 15) is 19.8 Å². The Balaban J connectivity index is 2.36. The Bertz CT molecular complexity index is 628. The molecule has 0 radical (unpaired) electrons. The quantitative estimate of drug-likeness (QED) is 0.568. The summed E-state index contributed by atoms with van der Waals surface area (Å²) in [5.41, 5.74) is 0.186. The maximum Gasteiger partial charge on any atom is 0.342 e. The van der Waals surface area contributed by atoms with E-state index >= 15 is 0 Å². The Labute approximate surface area is 128 Å². The Hall–Kier alpha value is -2.56. The van der Waals surface area contributed by atoms with Crippen LogP contribution in [0.3, 0.4) is 0 Å².